The van der Waals surface area contributed by atoms with E-state index in [0.29, 0.717) is 19.0 Å². The summed E-state index contributed by atoms with van der Waals surface area (Å²) in [4.78, 5) is 0. The summed E-state index contributed by atoms with van der Waals surface area (Å²) in [5.74, 6) is 0.185. The van der Waals surface area contributed by atoms with Crippen LogP contribution >= 0.6 is 11.6 Å². The van der Waals surface area contributed by atoms with Crippen molar-refractivity contribution in [2.45, 2.75) is 26.9 Å². The number of hydrogen-bond donors (Lipinski definition) is 1. The van der Waals surface area contributed by atoms with Gasteiger partial charge >= 0.3 is 0 Å². The Balaban J connectivity index is 1.93. The van der Waals surface area contributed by atoms with E-state index >= 15 is 0 Å². The molecule has 0 saturated heterocycles. The van der Waals surface area contributed by atoms with E-state index in [0.717, 1.165) is 17.8 Å². The van der Waals surface area contributed by atoms with Crippen LogP contribution in [0.1, 0.15) is 25.1 Å². The summed E-state index contributed by atoms with van der Waals surface area (Å²) in [6.45, 7) is 6.41. The van der Waals surface area contributed by atoms with Crippen molar-refractivity contribution in [2.24, 2.45) is 5.92 Å². The number of benzene rings is 1. The predicted molar refractivity (Wildman–Crippen MR) is 77.1 cm³/mol. The number of rotatable bonds is 6. The average Bonchev–Trinajstić information content (AvgIpc) is 2.81. The third-order valence-electron chi connectivity index (χ3n) is 2.77. The lowest BCUT2D eigenvalue weighted by atomic mass is 10.2. The maximum atomic E-state index is 13.3. The highest BCUT2D eigenvalue weighted by Gasteiger charge is 2.05. The van der Waals surface area contributed by atoms with Crippen LogP contribution in [0.3, 0.4) is 0 Å². The molecule has 6 heteroatoms. The van der Waals surface area contributed by atoms with E-state index in [1.807, 2.05) is 6.20 Å². The molecule has 0 unspecified atom stereocenters. The fourth-order valence-electron chi connectivity index (χ4n) is 1.81. The van der Waals surface area contributed by atoms with E-state index in [2.05, 4.69) is 29.5 Å². The van der Waals surface area contributed by atoms with Crippen LogP contribution in [-0.2, 0) is 13.1 Å². The molecule has 1 heterocycles. The van der Waals surface area contributed by atoms with Gasteiger partial charge < -0.3 is 5.32 Å². The van der Waals surface area contributed by atoms with E-state index in [9.17, 15) is 4.39 Å². The first-order chi connectivity index (χ1) is 9.54. The number of nitrogens with zero attached hydrogens (tertiary/aromatic N) is 3. The molecule has 0 atom stereocenters. The van der Waals surface area contributed by atoms with Crippen LogP contribution in [0.15, 0.2) is 24.4 Å². The van der Waals surface area contributed by atoms with Crippen LogP contribution in [0.2, 0.25) is 5.02 Å². The van der Waals surface area contributed by atoms with Crippen molar-refractivity contribution in [3.8, 4) is 0 Å². The van der Waals surface area contributed by atoms with Crippen LogP contribution in [0.5, 0.6) is 0 Å². The molecule has 1 aromatic carbocycles. The van der Waals surface area contributed by atoms with Crippen LogP contribution in [0.25, 0.3) is 0 Å². The molecule has 2 aromatic rings. The molecule has 20 heavy (non-hydrogen) atoms. The number of nitrogens with one attached hydrogen (secondary N) is 1. The summed E-state index contributed by atoms with van der Waals surface area (Å²) in [5.41, 5.74) is 1.68. The topological polar surface area (TPSA) is 42.7 Å². The van der Waals surface area contributed by atoms with Gasteiger partial charge in [0, 0.05) is 6.54 Å². The van der Waals surface area contributed by atoms with Gasteiger partial charge in [0.1, 0.15) is 5.82 Å². The molecule has 0 spiro atoms. The van der Waals surface area contributed by atoms with Crippen LogP contribution in [0, 0.1) is 11.7 Å². The second kappa shape index (κ2) is 6.81. The molecule has 0 aliphatic heterocycles. The van der Waals surface area contributed by atoms with Gasteiger partial charge in [-0.25, -0.2) is 9.07 Å². The van der Waals surface area contributed by atoms with Gasteiger partial charge in [0.05, 0.1) is 23.5 Å². The third kappa shape index (κ3) is 4.28. The highest BCUT2D eigenvalue weighted by molar-refractivity contribution is 6.30. The van der Waals surface area contributed by atoms with Crippen LogP contribution < -0.4 is 5.32 Å². The van der Waals surface area contributed by atoms with Gasteiger partial charge in [-0.05, 0) is 30.2 Å². The second-order valence-corrected chi connectivity index (χ2v) is 5.59. The summed E-state index contributed by atoms with van der Waals surface area (Å²) in [7, 11) is 0. The smallest absolute Gasteiger partial charge is 0.142 e. The molecule has 0 radical (unpaired) electrons. The lowest BCUT2D eigenvalue weighted by Gasteiger charge is -2.04. The summed E-state index contributed by atoms with van der Waals surface area (Å²) < 4.78 is 15.0. The Morgan fingerprint density at radius 3 is 2.90 bits per heavy atom. The lowest BCUT2D eigenvalue weighted by molar-refractivity contribution is 0.548. The molecule has 1 N–H and O–H groups in total. The van der Waals surface area contributed by atoms with Gasteiger partial charge in [-0.2, -0.15) is 0 Å². The fourth-order valence-corrected chi connectivity index (χ4v) is 1.93. The SMILES string of the molecule is CC(C)CNCc1cn(Cc2ccc(Cl)c(F)c2)nn1. The van der Waals surface area contributed by atoms with Gasteiger partial charge in [-0.1, -0.05) is 36.7 Å². The first kappa shape index (κ1) is 14.9. The monoisotopic (exact) mass is 296 g/mol. The molecular formula is C14H18ClFN4. The van der Waals surface area contributed by atoms with Crippen molar-refractivity contribution >= 4 is 11.6 Å². The Hall–Kier alpha value is -1.46. The molecule has 4 nitrogen and oxygen atoms in total. The number of halogens is 2. The summed E-state index contributed by atoms with van der Waals surface area (Å²) in [6, 6.07) is 4.75. The normalized spacial score (nSPS) is 11.2. The number of hydrogen-bond acceptors (Lipinski definition) is 3. The van der Waals surface area contributed by atoms with Crippen LogP contribution in [-0.4, -0.2) is 21.5 Å². The first-order valence-corrected chi connectivity index (χ1v) is 6.96. The molecule has 0 bridgehead atoms. The summed E-state index contributed by atoms with van der Waals surface area (Å²) in [5, 5.41) is 11.5. The third-order valence-corrected chi connectivity index (χ3v) is 3.08. The zero-order valence-corrected chi connectivity index (χ0v) is 12.4. The van der Waals surface area contributed by atoms with E-state index in [4.69, 9.17) is 11.6 Å². The van der Waals surface area contributed by atoms with Gasteiger partial charge in [0.15, 0.2) is 0 Å². The van der Waals surface area contributed by atoms with Gasteiger partial charge in [-0.3, -0.25) is 0 Å². The van der Waals surface area contributed by atoms with E-state index in [1.54, 1.807) is 16.8 Å². The lowest BCUT2D eigenvalue weighted by Crippen LogP contribution is -2.19. The van der Waals surface area contributed by atoms with Gasteiger partial charge in [0.2, 0.25) is 0 Å². The molecule has 0 saturated carbocycles. The van der Waals surface area contributed by atoms with E-state index < -0.39 is 5.82 Å². The second-order valence-electron chi connectivity index (χ2n) is 5.18. The minimum absolute atomic E-state index is 0.130. The molecule has 2 rings (SSSR count). The fraction of sp³-hybridized carbons (Fsp3) is 0.429. The zero-order valence-electron chi connectivity index (χ0n) is 11.6. The van der Waals surface area contributed by atoms with Crippen molar-refractivity contribution < 1.29 is 4.39 Å². The standard InChI is InChI=1S/C14H18ClFN4/c1-10(2)6-17-7-12-9-20(19-18-12)8-11-3-4-13(15)14(16)5-11/h3-5,9-10,17H,6-8H2,1-2H3. The number of aromatic nitrogens is 3. The van der Waals surface area contributed by atoms with Crippen molar-refractivity contribution in [3.05, 3.63) is 46.5 Å². The molecule has 108 valence electrons. The average molecular weight is 297 g/mol. The Kier molecular flexibility index (Phi) is 5.09. The van der Waals surface area contributed by atoms with E-state index in [1.165, 1.54) is 6.07 Å². The Morgan fingerprint density at radius 2 is 2.20 bits per heavy atom. The maximum absolute atomic E-state index is 13.3. The van der Waals surface area contributed by atoms with Crippen molar-refractivity contribution in [1.82, 2.24) is 20.3 Å². The van der Waals surface area contributed by atoms with Gasteiger partial charge in [0.25, 0.3) is 0 Å². The Bertz CT molecular complexity index is 568. The highest BCUT2D eigenvalue weighted by Crippen LogP contribution is 2.16. The maximum Gasteiger partial charge on any atom is 0.142 e. The Labute approximate surface area is 122 Å². The molecule has 0 fully saturated rings. The van der Waals surface area contributed by atoms with Crippen molar-refractivity contribution in [1.29, 1.82) is 0 Å². The molecule has 0 amide bonds. The van der Waals surface area contributed by atoms with Crippen molar-refractivity contribution in [2.75, 3.05) is 6.54 Å². The molecular weight excluding hydrogens is 279 g/mol. The summed E-state index contributed by atoms with van der Waals surface area (Å²) >= 11 is 5.65. The highest BCUT2D eigenvalue weighted by atomic mass is 35.5. The minimum Gasteiger partial charge on any atom is -0.311 e. The quantitative estimate of drug-likeness (QED) is 0.891. The molecule has 0 aliphatic carbocycles. The predicted octanol–water partition coefficient (Wildman–Crippen LogP) is 2.86. The minimum atomic E-state index is -0.414. The summed E-state index contributed by atoms with van der Waals surface area (Å²) in [6.07, 6.45) is 1.86. The van der Waals surface area contributed by atoms with E-state index in [-0.39, 0.29) is 5.02 Å². The Morgan fingerprint density at radius 1 is 1.40 bits per heavy atom. The van der Waals surface area contributed by atoms with Gasteiger partial charge in [-0.15, -0.1) is 5.10 Å². The molecule has 1 aromatic heterocycles. The molecule has 0 aliphatic rings. The van der Waals surface area contributed by atoms with Crippen LogP contribution in [0.4, 0.5) is 4.39 Å². The first-order valence-electron chi connectivity index (χ1n) is 6.58. The van der Waals surface area contributed by atoms with Crippen molar-refractivity contribution in [3.63, 3.8) is 0 Å². The largest absolute Gasteiger partial charge is 0.311 e. The zero-order chi connectivity index (χ0) is 14.5.